The Bertz CT molecular complexity index is 834. The van der Waals surface area contributed by atoms with Gasteiger partial charge in [0.05, 0.1) is 11.0 Å². The molecule has 0 saturated carbocycles. The summed E-state index contributed by atoms with van der Waals surface area (Å²) >= 11 is 0. The molecular formula is C20H24N2. The number of rotatable bonds is 4. The highest BCUT2D eigenvalue weighted by molar-refractivity contribution is 6.06. The van der Waals surface area contributed by atoms with Crippen LogP contribution in [-0.4, -0.2) is 9.97 Å². The molecule has 0 radical (unpaired) electrons. The van der Waals surface area contributed by atoms with Crippen LogP contribution in [0.4, 0.5) is 0 Å². The van der Waals surface area contributed by atoms with Crippen LogP contribution in [0.15, 0.2) is 24.4 Å². The quantitative estimate of drug-likeness (QED) is 0.630. The first kappa shape index (κ1) is 15.0. The Balaban J connectivity index is 2.58. The van der Waals surface area contributed by atoms with E-state index < -0.39 is 0 Å². The van der Waals surface area contributed by atoms with Gasteiger partial charge in [-0.25, -0.2) is 0 Å². The van der Waals surface area contributed by atoms with E-state index in [-0.39, 0.29) is 0 Å². The van der Waals surface area contributed by atoms with Gasteiger partial charge in [0, 0.05) is 22.7 Å². The Hall–Kier alpha value is -1.96. The van der Waals surface area contributed by atoms with Gasteiger partial charge in [-0.3, -0.25) is 9.97 Å². The van der Waals surface area contributed by atoms with Crippen molar-refractivity contribution >= 4 is 21.8 Å². The van der Waals surface area contributed by atoms with Gasteiger partial charge in [-0.1, -0.05) is 33.8 Å². The van der Waals surface area contributed by atoms with Gasteiger partial charge < -0.3 is 0 Å². The number of nitrogens with zero attached hydrogens (tertiary/aromatic N) is 2. The molecule has 0 unspecified atom stereocenters. The maximum atomic E-state index is 5.05. The van der Waals surface area contributed by atoms with Crippen LogP contribution >= 0.6 is 0 Å². The molecule has 114 valence electrons. The summed E-state index contributed by atoms with van der Waals surface area (Å²) in [6, 6.07) is 6.46. The lowest BCUT2D eigenvalue weighted by molar-refractivity contribution is 0.944. The molecule has 0 aliphatic rings. The highest BCUT2D eigenvalue weighted by Crippen LogP contribution is 2.33. The number of hydrogen-bond acceptors (Lipinski definition) is 2. The minimum atomic E-state index is 0.983. The predicted molar refractivity (Wildman–Crippen MR) is 94.6 cm³/mol. The van der Waals surface area contributed by atoms with E-state index in [1.165, 1.54) is 33.2 Å². The summed E-state index contributed by atoms with van der Waals surface area (Å²) in [6.07, 6.45) is 6.00. The van der Waals surface area contributed by atoms with Crippen molar-refractivity contribution in [2.45, 2.75) is 53.4 Å². The van der Waals surface area contributed by atoms with Gasteiger partial charge in [0.25, 0.3) is 0 Å². The normalized spacial score (nSPS) is 11.5. The maximum Gasteiger partial charge on any atom is 0.0973 e. The van der Waals surface area contributed by atoms with Crippen LogP contribution < -0.4 is 0 Å². The third-order valence-electron chi connectivity index (χ3n) is 4.63. The zero-order chi connectivity index (χ0) is 15.7. The molecule has 3 aromatic rings. The Morgan fingerprint density at radius 2 is 1.64 bits per heavy atom. The lowest BCUT2D eigenvalue weighted by atomic mass is 9.91. The predicted octanol–water partition coefficient (Wildman–Crippen LogP) is 5.03. The fourth-order valence-corrected chi connectivity index (χ4v) is 3.61. The Labute approximate surface area is 132 Å². The van der Waals surface area contributed by atoms with Crippen molar-refractivity contribution in [1.29, 1.82) is 0 Å². The smallest absolute Gasteiger partial charge is 0.0973 e. The van der Waals surface area contributed by atoms with Crippen molar-refractivity contribution in [2.75, 3.05) is 0 Å². The first-order valence-electron chi connectivity index (χ1n) is 8.45. The van der Waals surface area contributed by atoms with Crippen LogP contribution in [-0.2, 0) is 25.7 Å². The molecule has 1 aromatic carbocycles. The zero-order valence-electron chi connectivity index (χ0n) is 14.0. The van der Waals surface area contributed by atoms with Gasteiger partial charge in [0.15, 0.2) is 0 Å². The summed E-state index contributed by atoms with van der Waals surface area (Å²) in [4.78, 5) is 9.68. The fraction of sp³-hybridized carbons (Fsp3) is 0.400. The lowest BCUT2D eigenvalue weighted by Gasteiger charge is -2.18. The molecule has 0 spiro atoms. The summed E-state index contributed by atoms with van der Waals surface area (Å²) in [5.41, 5.74) is 7.71. The number of hydrogen-bond donors (Lipinski definition) is 0. The Kier molecular flexibility index (Phi) is 4.10. The minimum absolute atomic E-state index is 0.983. The number of benzene rings is 1. The molecule has 0 amide bonds. The molecule has 0 atom stereocenters. The molecule has 0 N–H and O–H groups in total. The van der Waals surface area contributed by atoms with Crippen LogP contribution in [0.1, 0.15) is 50.1 Å². The van der Waals surface area contributed by atoms with Crippen molar-refractivity contribution in [2.24, 2.45) is 0 Å². The van der Waals surface area contributed by atoms with E-state index in [9.17, 15) is 0 Å². The highest BCUT2D eigenvalue weighted by atomic mass is 14.8. The molecule has 22 heavy (non-hydrogen) atoms. The van der Waals surface area contributed by atoms with Crippen molar-refractivity contribution in [3.8, 4) is 0 Å². The van der Waals surface area contributed by atoms with Crippen LogP contribution in [0.5, 0.6) is 0 Å². The first-order chi connectivity index (χ1) is 10.7. The molecule has 2 nitrogen and oxygen atoms in total. The second-order valence-corrected chi connectivity index (χ2v) is 5.76. The highest BCUT2D eigenvalue weighted by Gasteiger charge is 2.16. The fourth-order valence-electron chi connectivity index (χ4n) is 3.61. The second-order valence-electron chi connectivity index (χ2n) is 5.76. The lowest BCUT2D eigenvalue weighted by Crippen LogP contribution is -2.05. The SMILES string of the molecule is CCc1nc2c(c(CC)cc3cccnc32)c(CC)c1CC. The number of aromatic nitrogens is 2. The van der Waals surface area contributed by atoms with E-state index in [0.717, 1.165) is 36.7 Å². The van der Waals surface area contributed by atoms with E-state index in [0.29, 0.717) is 0 Å². The summed E-state index contributed by atoms with van der Waals surface area (Å²) in [5, 5.41) is 2.55. The summed E-state index contributed by atoms with van der Waals surface area (Å²) in [7, 11) is 0. The second kappa shape index (κ2) is 6.04. The average Bonchev–Trinajstić information content (AvgIpc) is 2.58. The van der Waals surface area contributed by atoms with Gasteiger partial charge in [-0.2, -0.15) is 0 Å². The standard InChI is InChI=1S/C20H24N2/c1-5-13-12-14-10-9-11-21-19(14)20-18(13)16(7-3)15(6-2)17(8-4)22-20/h9-12H,5-8H2,1-4H3. The van der Waals surface area contributed by atoms with E-state index in [1.807, 2.05) is 12.3 Å². The molecule has 3 rings (SSSR count). The largest absolute Gasteiger partial charge is 0.254 e. The topological polar surface area (TPSA) is 25.8 Å². The van der Waals surface area contributed by atoms with Crippen molar-refractivity contribution < 1.29 is 0 Å². The number of pyridine rings is 2. The Morgan fingerprint density at radius 3 is 2.27 bits per heavy atom. The van der Waals surface area contributed by atoms with Gasteiger partial charge in [-0.05, 0) is 54.5 Å². The molecular weight excluding hydrogens is 268 g/mol. The molecule has 0 aliphatic heterocycles. The van der Waals surface area contributed by atoms with Crippen molar-refractivity contribution in [3.63, 3.8) is 0 Å². The van der Waals surface area contributed by atoms with Gasteiger partial charge in [-0.15, -0.1) is 0 Å². The van der Waals surface area contributed by atoms with Crippen LogP contribution in [0, 0.1) is 0 Å². The van der Waals surface area contributed by atoms with Crippen LogP contribution in [0.3, 0.4) is 0 Å². The Morgan fingerprint density at radius 1 is 0.864 bits per heavy atom. The molecule has 0 saturated heterocycles. The van der Waals surface area contributed by atoms with E-state index in [2.05, 4.69) is 44.8 Å². The zero-order valence-corrected chi connectivity index (χ0v) is 14.0. The van der Waals surface area contributed by atoms with Gasteiger partial charge >= 0.3 is 0 Å². The molecule has 2 aromatic heterocycles. The third kappa shape index (κ3) is 2.18. The monoisotopic (exact) mass is 292 g/mol. The average molecular weight is 292 g/mol. The van der Waals surface area contributed by atoms with Gasteiger partial charge in [0.2, 0.25) is 0 Å². The van der Waals surface area contributed by atoms with E-state index >= 15 is 0 Å². The number of fused-ring (bicyclic) bond motifs is 3. The molecule has 0 bridgehead atoms. The molecule has 0 aliphatic carbocycles. The minimum Gasteiger partial charge on any atom is -0.254 e. The van der Waals surface area contributed by atoms with E-state index in [1.54, 1.807) is 0 Å². The summed E-state index contributed by atoms with van der Waals surface area (Å²) < 4.78 is 0. The molecule has 2 heterocycles. The van der Waals surface area contributed by atoms with E-state index in [4.69, 9.17) is 4.98 Å². The van der Waals surface area contributed by atoms with Crippen molar-refractivity contribution in [1.82, 2.24) is 9.97 Å². The molecule has 2 heteroatoms. The van der Waals surface area contributed by atoms with Crippen LogP contribution in [0.25, 0.3) is 21.8 Å². The van der Waals surface area contributed by atoms with Crippen LogP contribution in [0.2, 0.25) is 0 Å². The first-order valence-corrected chi connectivity index (χ1v) is 8.45. The third-order valence-corrected chi connectivity index (χ3v) is 4.63. The van der Waals surface area contributed by atoms with Gasteiger partial charge in [0.1, 0.15) is 0 Å². The summed E-state index contributed by atoms with van der Waals surface area (Å²) in [6.45, 7) is 8.93. The number of aryl methyl sites for hydroxylation is 3. The summed E-state index contributed by atoms with van der Waals surface area (Å²) in [5.74, 6) is 0. The molecule has 0 fully saturated rings. The van der Waals surface area contributed by atoms with Crippen molar-refractivity contribution in [3.05, 3.63) is 46.8 Å². The maximum absolute atomic E-state index is 5.05.